The number of hydroxylamine groups is 2. The second kappa shape index (κ2) is 4.13. The molecule has 18 heavy (non-hydrogen) atoms. The normalized spacial score (nSPS) is 40.8. The van der Waals surface area contributed by atoms with E-state index in [1.165, 1.54) is 19.3 Å². The number of rotatable bonds is 2. The molecule has 4 rings (SSSR count). The van der Waals surface area contributed by atoms with Crippen molar-refractivity contribution < 1.29 is 9.63 Å². The summed E-state index contributed by atoms with van der Waals surface area (Å²) in [6.45, 7) is 0. The Morgan fingerprint density at radius 2 is 1.67 bits per heavy atom. The van der Waals surface area contributed by atoms with Crippen LogP contribution in [0.1, 0.15) is 38.5 Å². The van der Waals surface area contributed by atoms with Gasteiger partial charge in [-0.15, -0.1) is 5.06 Å². The minimum atomic E-state index is -0.613. The summed E-state index contributed by atoms with van der Waals surface area (Å²) < 4.78 is 0. The summed E-state index contributed by atoms with van der Waals surface area (Å²) in [6.07, 6.45) is 6.88. The summed E-state index contributed by atoms with van der Waals surface area (Å²) in [5.74, 6) is 1.78. The van der Waals surface area contributed by atoms with Gasteiger partial charge >= 0.3 is 5.24 Å². The first-order valence-electron chi connectivity index (χ1n) is 6.54. The van der Waals surface area contributed by atoms with E-state index in [-0.39, 0.29) is 11.6 Å². The molecule has 0 atom stereocenters. The van der Waals surface area contributed by atoms with Crippen LogP contribution in [0.3, 0.4) is 0 Å². The summed E-state index contributed by atoms with van der Waals surface area (Å²) >= 11 is 3.72. The fourth-order valence-electron chi connectivity index (χ4n) is 4.53. The zero-order chi connectivity index (χ0) is 12.9. The summed E-state index contributed by atoms with van der Waals surface area (Å²) in [4.78, 5) is 17.2. The summed E-state index contributed by atoms with van der Waals surface area (Å²) in [7, 11) is 0. The van der Waals surface area contributed by atoms with E-state index in [0.717, 1.165) is 42.1 Å². The highest BCUT2D eigenvalue weighted by molar-refractivity contribution is 7.96. The Balaban J connectivity index is 1.79. The van der Waals surface area contributed by atoms with Crippen LogP contribution in [0, 0.1) is 23.2 Å². The maximum atomic E-state index is 11.4. The molecule has 0 aromatic rings. The van der Waals surface area contributed by atoms with Gasteiger partial charge in [0, 0.05) is 0 Å². The second-order valence-electron chi connectivity index (χ2n) is 6.15. The van der Waals surface area contributed by atoms with Gasteiger partial charge in [0.15, 0.2) is 0 Å². The van der Waals surface area contributed by atoms with Crippen molar-refractivity contribution in [2.24, 2.45) is 23.5 Å². The van der Waals surface area contributed by atoms with E-state index in [1.807, 2.05) is 0 Å². The van der Waals surface area contributed by atoms with Crippen LogP contribution in [0.25, 0.3) is 0 Å². The van der Waals surface area contributed by atoms with Crippen molar-refractivity contribution in [1.29, 1.82) is 5.41 Å². The molecule has 0 saturated heterocycles. The first kappa shape index (κ1) is 12.3. The number of thiol groups is 1. The molecular weight excluding hydrogens is 250 g/mol. The zero-order valence-corrected chi connectivity index (χ0v) is 11.2. The molecule has 6 heteroatoms. The van der Waals surface area contributed by atoms with E-state index in [2.05, 4.69) is 12.6 Å². The molecule has 0 radical (unpaired) electrons. The fourth-order valence-corrected chi connectivity index (χ4v) is 4.68. The number of nitrogens with one attached hydrogen (secondary N) is 1. The molecule has 5 nitrogen and oxygen atoms in total. The van der Waals surface area contributed by atoms with Crippen LogP contribution in [0.4, 0.5) is 4.79 Å². The summed E-state index contributed by atoms with van der Waals surface area (Å²) in [5, 5.41) is 7.63. The third kappa shape index (κ3) is 2.01. The lowest BCUT2D eigenvalue weighted by molar-refractivity contribution is -0.238. The van der Waals surface area contributed by atoms with Crippen LogP contribution in [0.2, 0.25) is 0 Å². The Labute approximate surface area is 112 Å². The molecule has 100 valence electrons. The van der Waals surface area contributed by atoms with Crippen LogP contribution in [-0.2, 0) is 4.84 Å². The van der Waals surface area contributed by atoms with Crippen LogP contribution in [-0.4, -0.2) is 21.9 Å². The standard InChI is InChI=1S/C12H19N3O2S/c13-10(14)15(11(16)18)17-12-4-7-1-8(5-12)3-9(2-7)6-12/h7-9H,1-6H2,(H3,13,14)(H,16,18). The predicted octanol–water partition coefficient (Wildman–Crippen LogP) is 2.13. The number of amides is 1. The maximum absolute atomic E-state index is 11.4. The van der Waals surface area contributed by atoms with E-state index in [1.54, 1.807) is 0 Å². The molecule has 0 unspecified atom stereocenters. The average Bonchev–Trinajstić information content (AvgIpc) is 2.23. The third-order valence-electron chi connectivity index (χ3n) is 4.66. The van der Waals surface area contributed by atoms with E-state index in [4.69, 9.17) is 16.0 Å². The van der Waals surface area contributed by atoms with Crippen molar-refractivity contribution >= 4 is 23.8 Å². The predicted molar refractivity (Wildman–Crippen MR) is 70.1 cm³/mol. The minimum absolute atomic E-state index is 0.279. The number of nitrogens with two attached hydrogens (primary N) is 1. The lowest BCUT2D eigenvalue weighted by atomic mass is 9.54. The molecule has 0 aromatic heterocycles. The molecule has 0 aliphatic heterocycles. The van der Waals surface area contributed by atoms with Gasteiger partial charge in [-0.25, -0.2) is 0 Å². The van der Waals surface area contributed by atoms with Gasteiger partial charge < -0.3 is 5.73 Å². The van der Waals surface area contributed by atoms with Gasteiger partial charge in [-0.1, -0.05) is 12.6 Å². The molecule has 0 heterocycles. The van der Waals surface area contributed by atoms with E-state index in [9.17, 15) is 4.79 Å². The second-order valence-corrected chi connectivity index (χ2v) is 6.54. The number of nitrogens with zero attached hydrogens (tertiary/aromatic N) is 1. The number of carbonyl (C=O) groups excluding carboxylic acids is 1. The first-order valence-corrected chi connectivity index (χ1v) is 6.98. The van der Waals surface area contributed by atoms with Gasteiger partial charge in [0.05, 0.1) is 5.60 Å². The molecule has 4 aliphatic carbocycles. The highest BCUT2D eigenvalue weighted by Crippen LogP contribution is 2.57. The topological polar surface area (TPSA) is 79.4 Å². The average molecular weight is 269 g/mol. The Kier molecular flexibility index (Phi) is 2.82. The van der Waals surface area contributed by atoms with Gasteiger partial charge in [0.2, 0.25) is 5.96 Å². The zero-order valence-electron chi connectivity index (χ0n) is 10.3. The molecule has 0 spiro atoms. The minimum Gasteiger partial charge on any atom is -0.368 e. The molecule has 0 aromatic carbocycles. The number of carbonyl (C=O) groups is 1. The van der Waals surface area contributed by atoms with Crippen LogP contribution in [0.15, 0.2) is 0 Å². The third-order valence-corrected chi connectivity index (χ3v) is 4.84. The Morgan fingerprint density at radius 1 is 1.22 bits per heavy atom. The van der Waals surface area contributed by atoms with Crippen molar-refractivity contribution in [1.82, 2.24) is 5.06 Å². The molecule has 4 saturated carbocycles. The van der Waals surface area contributed by atoms with Crippen LogP contribution < -0.4 is 5.73 Å². The van der Waals surface area contributed by atoms with Gasteiger partial charge in [-0.3, -0.25) is 15.0 Å². The molecule has 4 aliphatic rings. The highest BCUT2D eigenvalue weighted by Gasteiger charge is 2.53. The van der Waals surface area contributed by atoms with Crippen molar-refractivity contribution in [2.75, 3.05) is 0 Å². The van der Waals surface area contributed by atoms with E-state index < -0.39 is 5.24 Å². The number of guanidine groups is 1. The Bertz CT molecular complexity index is 349. The van der Waals surface area contributed by atoms with Crippen LogP contribution in [0.5, 0.6) is 0 Å². The lowest BCUT2D eigenvalue weighted by Crippen LogP contribution is -2.56. The summed E-state index contributed by atoms with van der Waals surface area (Å²) in [5.41, 5.74) is 5.10. The Morgan fingerprint density at radius 3 is 2.00 bits per heavy atom. The summed E-state index contributed by atoms with van der Waals surface area (Å²) in [6, 6.07) is 0. The quantitative estimate of drug-likeness (QED) is 0.311. The van der Waals surface area contributed by atoms with Crippen LogP contribution >= 0.6 is 12.6 Å². The van der Waals surface area contributed by atoms with Crippen molar-refractivity contribution in [2.45, 2.75) is 44.1 Å². The SMILES string of the molecule is N=C(N)N(OC12CC3CC(CC(C3)C1)C2)C(=O)S. The maximum Gasteiger partial charge on any atom is 0.309 e. The Hall–Kier alpha value is -0.750. The van der Waals surface area contributed by atoms with Crippen molar-refractivity contribution in [3.05, 3.63) is 0 Å². The van der Waals surface area contributed by atoms with Crippen molar-refractivity contribution in [3.8, 4) is 0 Å². The molecule has 4 bridgehead atoms. The monoisotopic (exact) mass is 269 g/mol. The molecule has 1 amide bonds. The van der Waals surface area contributed by atoms with Crippen molar-refractivity contribution in [3.63, 3.8) is 0 Å². The van der Waals surface area contributed by atoms with Gasteiger partial charge in [-0.05, 0) is 56.3 Å². The smallest absolute Gasteiger partial charge is 0.309 e. The van der Waals surface area contributed by atoms with Gasteiger partial charge in [-0.2, -0.15) is 0 Å². The largest absolute Gasteiger partial charge is 0.368 e. The first-order chi connectivity index (χ1) is 8.47. The molecular formula is C12H19N3O2S. The van der Waals surface area contributed by atoms with Gasteiger partial charge in [0.1, 0.15) is 0 Å². The number of hydrogen-bond donors (Lipinski definition) is 3. The van der Waals surface area contributed by atoms with Gasteiger partial charge in [0.25, 0.3) is 0 Å². The highest BCUT2D eigenvalue weighted by atomic mass is 32.1. The van der Waals surface area contributed by atoms with E-state index >= 15 is 0 Å². The lowest BCUT2D eigenvalue weighted by Gasteiger charge is -2.56. The molecule has 4 fully saturated rings. The molecule has 3 N–H and O–H groups in total. The number of hydrogen-bond acceptors (Lipinski definition) is 3. The fraction of sp³-hybridized carbons (Fsp3) is 0.833. The van der Waals surface area contributed by atoms with E-state index in [0.29, 0.717) is 0 Å².